The average molecular weight is 141 g/mol. The normalized spacial score (nSPS) is 23.6. The van der Waals surface area contributed by atoms with E-state index in [1.807, 2.05) is 6.07 Å². The zero-order valence-electron chi connectivity index (χ0n) is 5.84. The largest absolute Gasteiger partial charge is 0.250 e. The van der Waals surface area contributed by atoms with Crippen molar-refractivity contribution < 1.29 is 10.1 Å². The molecule has 0 atom stereocenters. The summed E-state index contributed by atoms with van der Waals surface area (Å²) in [5, 5.41) is 17.0. The van der Waals surface area contributed by atoms with Gasteiger partial charge in [-0.1, -0.05) is 6.42 Å². The van der Waals surface area contributed by atoms with Gasteiger partial charge in [-0.15, -0.1) is 0 Å². The van der Waals surface area contributed by atoms with Crippen LogP contribution in [0, 0.1) is 11.3 Å². The van der Waals surface area contributed by atoms with Crippen molar-refractivity contribution in [3.8, 4) is 6.07 Å². The molecule has 0 radical (unpaired) electrons. The molecule has 1 rings (SSSR count). The monoisotopic (exact) mass is 141 g/mol. The molecule has 0 aliphatic heterocycles. The van der Waals surface area contributed by atoms with Crippen molar-refractivity contribution in [1.82, 2.24) is 0 Å². The Hall–Kier alpha value is -0.590. The van der Waals surface area contributed by atoms with Crippen LogP contribution < -0.4 is 0 Å². The number of nitrogens with zero attached hydrogens (tertiary/aromatic N) is 1. The van der Waals surface area contributed by atoms with E-state index >= 15 is 0 Å². The standard InChI is InChI=1S/C7H11NO2/c8-6-7(10-9)4-2-1-3-5-7/h9H,1-5H2. The summed E-state index contributed by atoms with van der Waals surface area (Å²) < 4.78 is 0. The Kier molecular flexibility index (Phi) is 2.25. The van der Waals surface area contributed by atoms with E-state index in [1.54, 1.807) is 0 Å². The lowest BCUT2D eigenvalue weighted by Crippen LogP contribution is -2.31. The third kappa shape index (κ3) is 1.28. The first kappa shape index (κ1) is 7.52. The van der Waals surface area contributed by atoms with E-state index < -0.39 is 5.60 Å². The molecule has 56 valence electrons. The first-order chi connectivity index (χ1) is 4.83. The first-order valence-corrected chi connectivity index (χ1v) is 3.57. The van der Waals surface area contributed by atoms with Crippen LogP contribution in [0.5, 0.6) is 0 Å². The van der Waals surface area contributed by atoms with Crippen LogP contribution in [0.15, 0.2) is 0 Å². The third-order valence-electron chi connectivity index (χ3n) is 2.04. The van der Waals surface area contributed by atoms with Gasteiger partial charge >= 0.3 is 0 Å². The van der Waals surface area contributed by atoms with Crippen LogP contribution in [-0.2, 0) is 4.89 Å². The van der Waals surface area contributed by atoms with Crippen LogP contribution in [0.25, 0.3) is 0 Å². The van der Waals surface area contributed by atoms with Gasteiger partial charge < -0.3 is 0 Å². The lowest BCUT2D eigenvalue weighted by Gasteiger charge is -2.26. The fraction of sp³-hybridized carbons (Fsp3) is 0.857. The lowest BCUT2D eigenvalue weighted by atomic mass is 9.86. The van der Waals surface area contributed by atoms with E-state index in [0.717, 1.165) is 19.3 Å². The maximum Gasteiger partial charge on any atom is 0.188 e. The molecule has 0 spiro atoms. The summed E-state index contributed by atoms with van der Waals surface area (Å²) in [6, 6.07) is 1.99. The summed E-state index contributed by atoms with van der Waals surface area (Å²) in [6.07, 6.45) is 4.44. The molecule has 0 saturated heterocycles. The van der Waals surface area contributed by atoms with Crippen LogP contribution in [-0.4, -0.2) is 10.9 Å². The smallest absolute Gasteiger partial charge is 0.188 e. The van der Waals surface area contributed by atoms with Gasteiger partial charge in [-0.3, -0.25) is 5.26 Å². The molecule has 10 heavy (non-hydrogen) atoms. The molecule has 3 nitrogen and oxygen atoms in total. The van der Waals surface area contributed by atoms with E-state index in [0.29, 0.717) is 12.8 Å². The average Bonchev–Trinajstić information content (AvgIpc) is 2.06. The van der Waals surface area contributed by atoms with Gasteiger partial charge in [0.15, 0.2) is 5.60 Å². The minimum absolute atomic E-state index is 0.667. The van der Waals surface area contributed by atoms with Crippen molar-refractivity contribution in [3.63, 3.8) is 0 Å². The van der Waals surface area contributed by atoms with Gasteiger partial charge in [-0.2, -0.15) is 5.26 Å². The van der Waals surface area contributed by atoms with Crippen molar-refractivity contribution in [2.75, 3.05) is 0 Å². The number of hydrogen-bond donors (Lipinski definition) is 1. The molecule has 0 aromatic carbocycles. The summed E-state index contributed by atoms with van der Waals surface area (Å²) in [7, 11) is 0. The molecule has 1 aliphatic carbocycles. The fourth-order valence-corrected chi connectivity index (χ4v) is 1.35. The molecule has 0 amide bonds. The van der Waals surface area contributed by atoms with Crippen molar-refractivity contribution >= 4 is 0 Å². The highest BCUT2D eigenvalue weighted by atomic mass is 17.1. The highest BCUT2D eigenvalue weighted by Crippen LogP contribution is 2.29. The summed E-state index contributed by atoms with van der Waals surface area (Å²) in [4.78, 5) is 4.17. The molecule has 0 heterocycles. The zero-order chi connectivity index (χ0) is 7.45. The van der Waals surface area contributed by atoms with Crippen molar-refractivity contribution in [2.24, 2.45) is 0 Å². The van der Waals surface area contributed by atoms with Crippen LogP contribution in [0.2, 0.25) is 0 Å². The summed E-state index contributed by atoms with van der Waals surface area (Å²) in [6.45, 7) is 0. The van der Waals surface area contributed by atoms with Crippen LogP contribution in [0.3, 0.4) is 0 Å². The number of nitriles is 1. The minimum Gasteiger partial charge on any atom is -0.250 e. The number of rotatable bonds is 1. The molecule has 0 aromatic heterocycles. The maximum absolute atomic E-state index is 8.61. The summed E-state index contributed by atoms with van der Waals surface area (Å²) in [5.41, 5.74) is -0.877. The topological polar surface area (TPSA) is 53.2 Å². The van der Waals surface area contributed by atoms with E-state index in [1.165, 1.54) is 0 Å². The van der Waals surface area contributed by atoms with Crippen LogP contribution in [0.1, 0.15) is 32.1 Å². The molecule has 1 aliphatic rings. The lowest BCUT2D eigenvalue weighted by molar-refractivity contribution is -0.311. The summed E-state index contributed by atoms with van der Waals surface area (Å²) in [5.74, 6) is 0. The highest BCUT2D eigenvalue weighted by molar-refractivity contribution is 5.02. The van der Waals surface area contributed by atoms with Gasteiger partial charge in [0, 0.05) is 0 Å². The van der Waals surface area contributed by atoms with Gasteiger partial charge in [-0.25, -0.2) is 4.89 Å². The van der Waals surface area contributed by atoms with Gasteiger partial charge in [0.25, 0.3) is 0 Å². The molecule has 1 fully saturated rings. The second kappa shape index (κ2) is 3.00. The van der Waals surface area contributed by atoms with Crippen LogP contribution >= 0.6 is 0 Å². The van der Waals surface area contributed by atoms with E-state index in [4.69, 9.17) is 10.5 Å². The third-order valence-corrected chi connectivity index (χ3v) is 2.04. The van der Waals surface area contributed by atoms with Crippen molar-refractivity contribution in [2.45, 2.75) is 37.7 Å². The second-order valence-corrected chi connectivity index (χ2v) is 2.76. The Morgan fingerprint density at radius 3 is 2.20 bits per heavy atom. The molecule has 1 saturated carbocycles. The Bertz CT molecular complexity index is 144. The minimum atomic E-state index is -0.877. The Balaban J connectivity index is 2.55. The predicted molar refractivity (Wildman–Crippen MR) is 35.1 cm³/mol. The van der Waals surface area contributed by atoms with Crippen LogP contribution in [0.4, 0.5) is 0 Å². The highest BCUT2D eigenvalue weighted by Gasteiger charge is 2.33. The Morgan fingerprint density at radius 2 is 1.90 bits per heavy atom. The quantitative estimate of drug-likeness (QED) is 0.446. The van der Waals surface area contributed by atoms with E-state index in [2.05, 4.69) is 4.89 Å². The molecule has 0 aromatic rings. The predicted octanol–water partition coefficient (Wildman–Crippen LogP) is 1.70. The zero-order valence-corrected chi connectivity index (χ0v) is 5.84. The van der Waals surface area contributed by atoms with E-state index in [-0.39, 0.29) is 0 Å². The molecule has 3 heteroatoms. The van der Waals surface area contributed by atoms with Gasteiger partial charge in [-0.05, 0) is 25.7 Å². The SMILES string of the molecule is N#CC1(OO)CCCCC1. The molecular weight excluding hydrogens is 130 g/mol. The Morgan fingerprint density at radius 1 is 1.30 bits per heavy atom. The molecular formula is C7H11NO2. The van der Waals surface area contributed by atoms with Crippen molar-refractivity contribution in [1.29, 1.82) is 5.26 Å². The molecule has 1 N–H and O–H groups in total. The van der Waals surface area contributed by atoms with Gasteiger partial charge in [0.2, 0.25) is 0 Å². The molecule has 0 bridgehead atoms. The fourth-order valence-electron chi connectivity index (χ4n) is 1.35. The maximum atomic E-state index is 8.61. The van der Waals surface area contributed by atoms with E-state index in [9.17, 15) is 0 Å². The first-order valence-electron chi connectivity index (χ1n) is 3.57. The summed E-state index contributed by atoms with van der Waals surface area (Å²) >= 11 is 0. The Labute approximate surface area is 60.2 Å². The van der Waals surface area contributed by atoms with Gasteiger partial charge in [0.05, 0.1) is 0 Å². The second-order valence-electron chi connectivity index (χ2n) is 2.76. The van der Waals surface area contributed by atoms with Crippen molar-refractivity contribution in [3.05, 3.63) is 0 Å². The number of hydrogen-bond acceptors (Lipinski definition) is 3. The molecule has 0 unspecified atom stereocenters. The van der Waals surface area contributed by atoms with Gasteiger partial charge in [0.1, 0.15) is 6.07 Å².